The van der Waals surface area contributed by atoms with Gasteiger partial charge in [-0.2, -0.15) is 5.10 Å². The summed E-state index contributed by atoms with van der Waals surface area (Å²) in [5.41, 5.74) is 6.74. The minimum Gasteiger partial charge on any atom is -0.364 e. The first-order valence-corrected chi connectivity index (χ1v) is 6.65. The summed E-state index contributed by atoms with van der Waals surface area (Å²) < 4.78 is 15.0. The van der Waals surface area contributed by atoms with Crippen LogP contribution in [0.1, 0.15) is 36.8 Å². The van der Waals surface area contributed by atoms with Crippen molar-refractivity contribution < 1.29 is 9.18 Å². The molecule has 0 aliphatic carbocycles. The first-order valence-electron chi connectivity index (χ1n) is 6.65. The minimum absolute atomic E-state index is 0.0912. The molecular formula is C15H19FN4O. The number of hydrogen-bond donors (Lipinski definition) is 2. The number of aromatic nitrogens is 2. The number of halogens is 1. The number of carbonyl (C=O) groups is 1. The second-order valence-electron chi connectivity index (χ2n) is 5.89. The lowest BCUT2D eigenvalue weighted by Gasteiger charge is -2.21. The quantitative estimate of drug-likeness (QED) is 0.904. The van der Waals surface area contributed by atoms with Crippen molar-refractivity contribution in [3.05, 3.63) is 47.5 Å². The van der Waals surface area contributed by atoms with Crippen molar-refractivity contribution in [2.24, 2.45) is 5.73 Å². The average molecular weight is 290 g/mol. The van der Waals surface area contributed by atoms with Crippen LogP contribution < -0.4 is 11.1 Å². The van der Waals surface area contributed by atoms with E-state index in [9.17, 15) is 9.18 Å². The fourth-order valence-corrected chi connectivity index (χ4v) is 1.87. The van der Waals surface area contributed by atoms with Crippen LogP contribution in [0, 0.1) is 5.82 Å². The molecule has 1 amide bonds. The van der Waals surface area contributed by atoms with Crippen molar-refractivity contribution in [1.82, 2.24) is 15.1 Å². The van der Waals surface area contributed by atoms with Crippen molar-refractivity contribution >= 4 is 5.91 Å². The third-order valence-electron chi connectivity index (χ3n) is 2.94. The monoisotopic (exact) mass is 290 g/mol. The van der Waals surface area contributed by atoms with Gasteiger partial charge in [0.2, 0.25) is 0 Å². The zero-order chi connectivity index (χ0) is 15.6. The number of nitrogens with one attached hydrogen (secondary N) is 1. The van der Waals surface area contributed by atoms with Crippen LogP contribution in [0.4, 0.5) is 4.39 Å². The summed E-state index contributed by atoms with van der Waals surface area (Å²) >= 11 is 0. The predicted octanol–water partition coefficient (Wildman–Crippen LogP) is 2.00. The highest BCUT2D eigenvalue weighted by molar-refractivity contribution is 5.90. The molecule has 0 saturated carbocycles. The van der Waals surface area contributed by atoms with Gasteiger partial charge in [0, 0.05) is 18.3 Å². The van der Waals surface area contributed by atoms with Crippen LogP contribution in [-0.2, 0) is 6.54 Å². The molecule has 1 aromatic carbocycles. The lowest BCUT2D eigenvalue weighted by atomic mass is 10.1. The van der Waals surface area contributed by atoms with Gasteiger partial charge in [-0.3, -0.25) is 4.79 Å². The van der Waals surface area contributed by atoms with E-state index in [1.165, 1.54) is 22.9 Å². The topological polar surface area (TPSA) is 72.9 Å². The van der Waals surface area contributed by atoms with Crippen LogP contribution in [0.15, 0.2) is 30.5 Å². The van der Waals surface area contributed by atoms with E-state index in [0.29, 0.717) is 12.2 Å². The fraction of sp³-hybridized carbons (Fsp3) is 0.333. The smallest absolute Gasteiger partial charge is 0.269 e. The summed E-state index contributed by atoms with van der Waals surface area (Å²) in [6, 6.07) is 5.99. The molecule has 2 aromatic rings. The standard InChI is InChI=1S/C15H19FN4O/c1-15(2,3)18-9-10-8-11(16)4-5-13(10)20-7-6-12(19-20)14(17)21/h4-8,18H,9H2,1-3H3,(H2,17,21). The maximum absolute atomic E-state index is 13.5. The maximum Gasteiger partial charge on any atom is 0.269 e. The summed E-state index contributed by atoms with van der Waals surface area (Å²) in [6.07, 6.45) is 1.63. The van der Waals surface area contributed by atoms with Gasteiger partial charge in [0.1, 0.15) is 11.5 Å². The number of hydrogen-bond acceptors (Lipinski definition) is 3. The van der Waals surface area contributed by atoms with Crippen LogP contribution in [0.25, 0.3) is 5.69 Å². The molecule has 21 heavy (non-hydrogen) atoms. The van der Waals surface area contributed by atoms with Crippen LogP contribution in [0.3, 0.4) is 0 Å². The number of benzene rings is 1. The largest absolute Gasteiger partial charge is 0.364 e. The Hall–Kier alpha value is -2.21. The van der Waals surface area contributed by atoms with E-state index in [1.807, 2.05) is 20.8 Å². The van der Waals surface area contributed by atoms with Crippen LogP contribution in [-0.4, -0.2) is 21.2 Å². The lowest BCUT2D eigenvalue weighted by Crippen LogP contribution is -2.35. The lowest BCUT2D eigenvalue weighted by molar-refractivity contribution is 0.0995. The van der Waals surface area contributed by atoms with Crippen molar-refractivity contribution in [2.75, 3.05) is 0 Å². The van der Waals surface area contributed by atoms with Crippen molar-refractivity contribution in [1.29, 1.82) is 0 Å². The number of amides is 1. The van der Waals surface area contributed by atoms with Crippen molar-refractivity contribution in [3.63, 3.8) is 0 Å². The molecule has 1 heterocycles. The van der Waals surface area contributed by atoms with E-state index in [1.54, 1.807) is 12.3 Å². The van der Waals surface area contributed by atoms with E-state index < -0.39 is 5.91 Å². The molecule has 112 valence electrons. The van der Waals surface area contributed by atoms with Gasteiger partial charge < -0.3 is 11.1 Å². The zero-order valence-corrected chi connectivity index (χ0v) is 12.4. The van der Waals surface area contributed by atoms with Crippen LogP contribution in [0.5, 0.6) is 0 Å². The Balaban J connectivity index is 2.35. The maximum atomic E-state index is 13.5. The summed E-state index contributed by atoms with van der Waals surface area (Å²) in [6.45, 7) is 6.59. The van der Waals surface area contributed by atoms with E-state index in [0.717, 1.165) is 5.56 Å². The number of rotatable bonds is 4. The normalized spacial score (nSPS) is 11.6. The molecule has 3 N–H and O–H groups in total. The Kier molecular flexibility index (Phi) is 4.09. The number of primary amides is 1. The van der Waals surface area contributed by atoms with E-state index in [2.05, 4.69) is 10.4 Å². The second kappa shape index (κ2) is 5.65. The molecule has 5 nitrogen and oxygen atoms in total. The molecule has 6 heteroatoms. The molecule has 2 rings (SSSR count). The highest BCUT2D eigenvalue weighted by Gasteiger charge is 2.13. The summed E-state index contributed by atoms with van der Waals surface area (Å²) in [7, 11) is 0. The van der Waals surface area contributed by atoms with E-state index in [4.69, 9.17) is 5.73 Å². The Morgan fingerprint density at radius 2 is 2.10 bits per heavy atom. The summed E-state index contributed by atoms with van der Waals surface area (Å²) in [5, 5.41) is 7.41. The van der Waals surface area contributed by atoms with Crippen LogP contribution >= 0.6 is 0 Å². The molecule has 0 spiro atoms. The van der Waals surface area contributed by atoms with Gasteiger partial charge in [-0.25, -0.2) is 9.07 Å². The van der Waals surface area contributed by atoms with Crippen molar-refractivity contribution in [2.45, 2.75) is 32.9 Å². The third-order valence-corrected chi connectivity index (χ3v) is 2.94. The first-order chi connectivity index (χ1) is 9.76. The van der Waals surface area contributed by atoms with Gasteiger partial charge in [0.15, 0.2) is 0 Å². The van der Waals surface area contributed by atoms with Crippen molar-refractivity contribution in [3.8, 4) is 5.69 Å². The molecule has 0 fully saturated rings. The molecule has 0 bridgehead atoms. The van der Waals surface area contributed by atoms with Gasteiger partial charge in [0.25, 0.3) is 5.91 Å². The van der Waals surface area contributed by atoms with Gasteiger partial charge in [-0.05, 0) is 50.6 Å². The third kappa shape index (κ3) is 3.88. The molecule has 0 saturated heterocycles. The molecule has 0 atom stereocenters. The van der Waals surface area contributed by atoms with Gasteiger partial charge in [0.05, 0.1) is 5.69 Å². The Bertz CT molecular complexity index is 658. The van der Waals surface area contributed by atoms with Crippen LogP contribution in [0.2, 0.25) is 0 Å². The number of nitrogens with two attached hydrogens (primary N) is 1. The molecule has 0 radical (unpaired) electrons. The Morgan fingerprint density at radius 3 is 2.67 bits per heavy atom. The predicted molar refractivity (Wildman–Crippen MR) is 78.6 cm³/mol. The highest BCUT2D eigenvalue weighted by Crippen LogP contribution is 2.17. The van der Waals surface area contributed by atoms with E-state index in [-0.39, 0.29) is 17.1 Å². The molecule has 1 aromatic heterocycles. The van der Waals surface area contributed by atoms with Gasteiger partial charge >= 0.3 is 0 Å². The summed E-state index contributed by atoms with van der Waals surface area (Å²) in [5.74, 6) is -0.906. The molecule has 0 unspecified atom stereocenters. The highest BCUT2D eigenvalue weighted by atomic mass is 19.1. The summed E-state index contributed by atoms with van der Waals surface area (Å²) in [4.78, 5) is 11.1. The average Bonchev–Trinajstić information content (AvgIpc) is 2.85. The zero-order valence-electron chi connectivity index (χ0n) is 12.4. The first kappa shape index (κ1) is 15.2. The Labute approximate surface area is 123 Å². The fourth-order valence-electron chi connectivity index (χ4n) is 1.87. The molecular weight excluding hydrogens is 271 g/mol. The number of nitrogens with zero attached hydrogens (tertiary/aromatic N) is 2. The Morgan fingerprint density at radius 1 is 1.38 bits per heavy atom. The van der Waals surface area contributed by atoms with Gasteiger partial charge in [-0.15, -0.1) is 0 Å². The van der Waals surface area contributed by atoms with E-state index >= 15 is 0 Å². The molecule has 0 aliphatic heterocycles. The SMILES string of the molecule is CC(C)(C)NCc1cc(F)ccc1-n1ccc(C(N)=O)n1. The molecule has 0 aliphatic rings. The van der Waals surface area contributed by atoms with Gasteiger partial charge in [-0.1, -0.05) is 0 Å². The second-order valence-corrected chi connectivity index (χ2v) is 5.89. The number of carbonyl (C=O) groups excluding carboxylic acids is 1. The minimum atomic E-state index is -0.592.